The molecule has 5 aliphatic rings. The van der Waals surface area contributed by atoms with E-state index in [1.54, 1.807) is 6.26 Å². The Morgan fingerprint density at radius 2 is 1.86 bits per heavy atom. The number of hydrogen-bond donors (Lipinski definition) is 3. The van der Waals surface area contributed by atoms with Crippen LogP contribution in [0.5, 0.6) is 0 Å². The summed E-state index contributed by atoms with van der Waals surface area (Å²) in [6.07, 6.45) is 11.0. The quantitative estimate of drug-likeness (QED) is 0.577. The fourth-order valence-corrected chi connectivity index (χ4v) is 9.59. The zero-order chi connectivity index (χ0) is 25.1. The van der Waals surface area contributed by atoms with Crippen LogP contribution >= 0.6 is 0 Å². The third-order valence-corrected chi connectivity index (χ3v) is 11.7. The lowest BCUT2D eigenvalue weighted by Gasteiger charge is -2.63. The second-order valence-corrected chi connectivity index (χ2v) is 13.0. The fraction of sp³-hybridized carbons (Fsp3) is 0.793. The van der Waals surface area contributed by atoms with Gasteiger partial charge in [-0.05, 0) is 98.5 Å². The molecule has 0 radical (unpaired) electrons. The molecule has 4 aliphatic carbocycles. The summed E-state index contributed by atoms with van der Waals surface area (Å²) in [6.45, 7) is 8.12. The molecule has 4 saturated carbocycles. The van der Waals surface area contributed by atoms with E-state index >= 15 is 0 Å². The summed E-state index contributed by atoms with van der Waals surface area (Å²) in [5, 5.41) is 19.1. The second kappa shape index (κ2) is 8.87. The number of carbonyl (C=O) groups is 1. The molecule has 7 heteroatoms. The summed E-state index contributed by atoms with van der Waals surface area (Å²) in [6, 6.07) is 3.80. The van der Waals surface area contributed by atoms with E-state index < -0.39 is 5.60 Å². The molecule has 36 heavy (non-hydrogen) atoms. The fourth-order valence-electron chi connectivity index (χ4n) is 9.59. The van der Waals surface area contributed by atoms with E-state index in [1.807, 2.05) is 11.0 Å². The van der Waals surface area contributed by atoms with Crippen LogP contribution in [-0.4, -0.2) is 53.9 Å². The SMILES string of the molecule is CC12CC[C@@H](NC(=O)N3CCNCC3)CC1CCC1[C@@H]2CCC2(C)C(c3ccc(=O)oc3)CCC12O. The predicted molar refractivity (Wildman–Crippen MR) is 138 cm³/mol. The number of aliphatic hydroxyl groups is 1. The molecular weight excluding hydrogens is 454 g/mol. The Bertz CT molecular complexity index is 1030. The van der Waals surface area contributed by atoms with Gasteiger partial charge < -0.3 is 25.1 Å². The normalized spacial score (nSPS) is 44.3. The van der Waals surface area contributed by atoms with Crippen molar-refractivity contribution in [2.75, 3.05) is 26.2 Å². The first-order chi connectivity index (χ1) is 17.2. The van der Waals surface area contributed by atoms with Crippen molar-refractivity contribution in [1.82, 2.24) is 15.5 Å². The first-order valence-corrected chi connectivity index (χ1v) is 14.3. The van der Waals surface area contributed by atoms with Gasteiger partial charge >= 0.3 is 11.7 Å². The zero-order valence-corrected chi connectivity index (χ0v) is 21.9. The number of fused-ring (bicyclic) bond motifs is 5. The summed E-state index contributed by atoms with van der Waals surface area (Å²) < 4.78 is 5.22. The van der Waals surface area contributed by atoms with Crippen molar-refractivity contribution in [3.05, 3.63) is 34.4 Å². The number of piperazine rings is 1. The largest absolute Gasteiger partial charge is 0.431 e. The average molecular weight is 498 g/mol. The summed E-state index contributed by atoms with van der Waals surface area (Å²) in [7, 11) is 0. The van der Waals surface area contributed by atoms with Crippen LogP contribution in [0.15, 0.2) is 27.6 Å². The highest BCUT2D eigenvalue weighted by Gasteiger charge is 2.67. The standard InChI is InChI=1S/C29H43N3O4/c1-27-10-7-21(31-26(34)32-15-13-30-14-16-32)17-20(27)4-5-24-23(27)8-11-28(2)22(9-12-29(24,28)35)19-3-6-25(33)36-18-19/h3,6,18,20-24,30,35H,4-5,7-17H2,1-2H3,(H,31,34)/t20?,21-,22?,23+,24?,27?,28?,29?/m1/s1. The molecule has 1 aliphatic heterocycles. The van der Waals surface area contributed by atoms with Crippen LogP contribution in [-0.2, 0) is 0 Å². The van der Waals surface area contributed by atoms with Gasteiger partial charge in [0.2, 0.25) is 0 Å². The van der Waals surface area contributed by atoms with Gasteiger partial charge in [-0.3, -0.25) is 0 Å². The number of rotatable bonds is 2. The van der Waals surface area contributed by atoms with Crippen molar-refractivity contribution in [3.63, 3.8) is 0 Å². The van der Waals surface area contributed by atoms with Crippen LogP contribution in [0.2, 0.25) is 0 Å². The number of carbonyl (C=O) groups excluding carboxylic acids is 1. The van der Waals surface area contributed by atoms with Crippen molar-refractivity contribution in [2.24, 2.45) is 28.6 Å². The molecule has 6 rings (SSSR count). The monoisotopic (exact) mass is 497 g/mol. The first-order valence-electron chi connectivity index (χ1n) is 14.3. The number of nitrogens with one attached hydrogen (secondary N) is 2. The predicted octanol–water partition coefficient (Wildman–Crippen LogP) is 3.86. The van der Waals surface area contributed by atoms with Crippen LogP contribution in [0, 0.1) is 28.6 Å². The molecule has 8 atom stereocenters. The number of nitrogens with zero attached hydrogens (tertiary/aromatic N) is 1. The Hall–Kier alpha value is -1.86. The summed E-state index contributed by atoms with van der Waals surface area (Å²) >= 11 is 0. The lowest BCUT2D eigenvalue weighted by atomic mass is 9.43. The van der Waals surface area contributed by atoms with E-state index in [0.717, 1.165) is 89.5 Å². The van der Waals surface area contributed by atoms with Crippen molar-refractivity contribution in [3.8, 4) is 0 Å². The molecule has 2 amide bonds. The first kappa shape index (κ1) is 24.5. The molecule has 0 spiro atoms. The smallest absolute Gasteiger partial charge is 0.335 e. The molecule has 1 saturated heterocycles. The van der Waals surface area contributed by atoms with Gasteiger partial charge in [0.15, 0.2) is 0 Å². The number of amides is 2. The third-order valence-electron chi connectivity index (χ3n) is 11.7. The van der Waals surface area contributed by atoms with E-state index in [2.05, 4.69) is 24.5 Å². The van der Waals surface area contributed by atoms with E-state index in [1.165, 1.54) is 6.07 Å². The van der Waals surface area contributed by atoms with Gasteiger partial charge in [0.1, 0.15) is 0 Å². The highest BCUT2D eigenvalue weighted by molar-refractivity contribution is 5.74. The minimum absolute atomic E-state index is 0.107. The third kappa shape index (κ3) is 3.67. The maximum atomic E-state index is 12.8. The van der Waals surface area contributed by atoms with Crippen molar-refractivity contribution >= 4 is 6.03 Å². The van der Waals surface area contributed by atoms with Crippen LogP contribution in [0.25, 0.3) is 0 Å². The van der Waals surface area contributed by atoms with Gasteiger partial charge in [0.25, 0.3) is 0 Å². The van der Waals surface area contributed by atoms with E-state index in [0.29, 0.717) is 17.8 Å². The van der Waals surface area contributed by atoms with Gasteiger partial charge in [-0.1, -0.05) is 13.8 Å². The van der Waals surface area contributed by atoms with Gasteiger partial charge in [-0.15, -0.1) is 0 Å². The Morgan fingerprint density at radius 3 is 2.61 bits per heavy atom. The van der Waals surface area contributed by atoms with Crippen LogP contribution < -0.4 is 16.3 Å². The average Bonchev–Trinajstić information content (AvgIpc) is 3.16. The van der Waals surface area contributed by atoms with Gasteiger partial charge in [-0.25, -0.2) is 9.59 Å². The van der Waals surface area contributed by atoms with Crippen molar-refractivity contribution in [2.45, 2.75) is 89.2 Å². The minimum Gasteiger partial charge on any atom is -0.431 e. The number of hydrogen-bond acceptors (Lipinski definition) is 5. The minimum atomic E-state index is -0.669. The summed E-state index contributed by atoms with van der Waals surface area (Å²) in [4.78, 5) is 26.3. The van der Waals surface area contributed by atoms with E-state index in [4.69, 9.17) is 4.42 Å². The van der Waals surface area contributed by atoms with Crippen molar-refractivity contribution in [1.29, 1.82) is 0 Å². The second-order valence-electron chi connectivity index (χ2n) is 13.0. The molecule has 2 heterocycles. The summed E-state index contributed by atoms with van der Waals surface area (Å²) in [5.74, 6) is 1.69. The molecule has 7 nitrogen and oxygen atoms in total. The molecule has 0 bridgehead atoms. The summed E-state index contributed by atoms with van der Waals surface area (Å²) in [5.41, 5.74) is 0.122. The van der Waals surface area contributed by atoms with Crippen LogP contribution in [0.1, 0.15) is 83.1 Å². The Labute approximate surface area is 214 Å². The highest BCUT2D eigenvalue weighted by atomic mass is 16.4. The maximum Gasteiger partial charge on any atom is 0.335 e. The topological polar surface area (TPSA) is 94.8 Å². The van der Waals surface area contributed by atoms with Gasteiger partial charge in [0, 0.05) is 43.7 Å². The van der Waals surface area contributed by atoms with Crippen molar-refractivity contribution < 1.29 is 14.3 Å². The van der Waals surface area contributed by atoms with Crippen LogP contribution in [0.3, 0.4) is 0 Å². The lowest BCUT2D eigenvalue weighted by Crippen LogP contribution is -2.62. The van der Waals surface area contributed by atoms with Crippen LogP contribution in [0.4, 0.5) is 4.79 Å². The number of urea groups is 1. The van der Waals surface area contributed by atoms with E-state index in [-0.39, 0.29) is 34.4 Å². The Morgan fingerprint density at radius 1 is 1.06 bits per heavy atom. The molecule has 3 N–H and O–H groups in total. The van der Waals surface area contributed by atoms with Gasteiger partial charge in [0.05, 0.1) is 11.9 Å². The molecule has 1 aromatic rings. The zero-order valence-electron chi connectivity index (χ0n) is 21.9. The maximum absolute atomic E-state index is 12.8. The molecular formula is C29H43N3O4. The van der Waals surface area contributed by atoms with Gasteiger partial charge in [-0.2, -0.15) is 0 Å². The Kier molecular flexibility index (Phi) is 6.03. The molecule has 5 fully saturated rings. The molecule has 0 aromatic carbocycles. The molecule has 6 unspecified atom stereocenters. The lowest BCUT2D eigenvalue weighted by molar-refractivity contribution is -0.201. The van der Waals surface area contributed by atoms with E-state index in [9.17, 15) is 14.7 Å². The molecule has 198 valence electrons. The highest BCUT2D eigenvalue weighted by Crippen LogP contribution is 2.70. The Balaban J connectivity index is 1.17. The molecule has 1 aromatic heterocycles.